The molecule has 2 fully saturated rings. The predicted octanol–water partition coefficient (Wildman–Crippen LogP) is 0.525. The van der Waals surface area contributed by atoms with Crippen molar-refractivity contribution in [3.05, 3.63) is 34.7 Å². The number of rotatable bonds is 2. The van der Waals surface area contributed by atoms with Crippen molar-refractivity contribution in [3.63, 3.8) is 0 Å². The van der Waals surface area contributed by atoms with Crippen LogP contribution in [0.3, 0.4) is 0 Å². The van der Waals surface area contributed by atoms with Gasteiger partial charge in [-0.05, 0) is 36.8 Å². The molecule has 3 atom stereocenters. The number of fused-ring (bicyclic) bond motifs is 2. The van der Waals surface area contributed by atoms with Gasteiger partial charge >= 0.3 is 5.69 Å². The number of nitrogens with two attached hydrogens (primary N) is 1. The Bertz CT molecular complexity index is 778. The molecule has 6 nitrogen and oxygen atoms in total. The number of imidazole rings is 1. The molecule has 2 aliphatic rings. The average Bonchev–Trinajstić information content (AvgIpc) is 3.15. The molecule has 22 heavy (non-hydrogen) atoms. The molecule has 1 aliphatic carbocycles. The second-order valence-corrected chi connectivity index (χ2v) is 6.50. The normalized spacial score (nSPS) is 27.5. The first-order valence-corrected chi connectivity index (χ1v) is 7.84. The Labute approximate surface area is 127 Å². The van der Waals surface area contributed by atoms with Crippen LogP contribution in [0.15, 0.2) is 29.1 Å². The molecule has 1 aromatic carbocycles. The maximum atomic E-state index is 12.6. The van der Waals surface area contributed by atoms with Crippen LogP contribution >= 0.6 is 0 Å². The molecule has 0 radical (unpaired) electrons. The van der Waals surface area contributed by atoms with Gasteiger partial charge < -0.3 is 15.6 Å². The van der Waals surface area contributed by atoms with E-state index >= 15 is 0 Å². The number of hydrogen-bond donors (Lipinski definition) is 2. The Hall–Kier alpha value is -2.08. The van der Waals surface area contributed by atoms with Crippen LogP contribution in [-0.4, -0.2) is 39.5 Å². The lowest BCUT2D eigenvalue weighted by atomic mass is 9.98. The van der Waals surface area contributed by atoms with Gasteiger partial charge in [-0.2, -0.15) is 0 Å². The smallest absolute Gasteiger partial charge is 0.326 e. The van der Waals surface area contributed by atoms with Crippen LogP contribution in [0.25, 0.3) is 11.0 Å². The van der Waals surface area contributed by atoms with Crippen LogP contribution in [0.2, 0.25) is 0 Å². The van der Waals surface area contributed by atoms with Crippen LogP contribution in [0, 0.1) is 11.8 Å². The molecule has 1 aliphatic heterocycles. The number of carbonyl (C=O) groups excluding carboxylic acids is 1. The van der Waals surface area contributed by atoms with Gasteiger partial charge in [0, 0.05) is 19.1 Å². The summed E-state index contributed by atoms with van der Waals surface area (Å²) in [5, 5.41) is 0. The molecule has 1 saturated heterocycles. The topological polar surface area (TPSA) is 84.1 Å². The van der Waals surface area contributed by atoms with Gasteiger partial charge in [-0.1, -0.05) is 12.1 Å². The Morgan fingerprint density at radius 3 is 2.91 bits per heavy atom. The molecule has 6 heteroatoms. The lowest BCUT2D eigenvalue weighted by Crippen LogP contribution is -2.36. The standard InChI is InChI=1S/C16H20N4O2/c17-12-6-5-10-7-19(8-11(10)12)15(21)9-20-14-4-2-1-3-13(14)18-16(20)22/h1-4,10-12H,5-9,17H2,(H,18,22). The molecular weight excluding hydrogens is 280 g/mol. The Morgan fingerprint density at radius 2 is 2.09 bits per heavy atom. The highest BCUT2D eigenvalue weighted by Crippen LogP contribution is 2.37. The third-order valence-electron chi connectivity index (χ3n) is 5.24. The van der Waals surface area contributed by atoms with E-state index in [1.54, 1.807) is 0 Å². The van der Waals surface area contributed by atoms with Gasteiger partial charge in [0.15, 0.2) is 0 Å². The SMILES string of the molecule is NC1CCC2CN(C(=O)Cn3c(=O)[nH]c4ccccc43)CC12. The number of hydrogen-bond acceptors (Lipinski definition) is 3. The number of aromatic nitrogens is 2. The van der Waals surface area contributed by atoms with E-state index in [2.05, 4.69) is 4.98 Å². The molecular formula is C16H20N4O2. The van der Waals surface area contributed by atoms with Crippen molar-refractivity contribution >= 4 is 16.9 Å². The minimum absolute atomic E-state index is 0.00783. The fraction of sp³-hybridized carbons (Fsp3) is 0.500. The van der Waals surface area contributed by atoms with Crippen molar-refractivity contribution in [2.45, 2.75) is 25.4 Å². The zero-order chi connectivity index (χ0) is 15.3. The van der Waals surface area contributed by atoms with Gasteiger partial charge in [-0.15, -0.1) is 0 Å². The van der Waals surface area contributed by atoms with Crippen molar-refractivity contribution in [1.82, 2.24) is 14.5 Å². The average molecular weight is 300 g/mol. The van der Waals surface area contributed by atoms with Gasteiger partial charge in [-0.3, -0.25) is 9.36 Å². The Kier molecular flexibility index (Phi) is 3.07. The van der Waals surface area contributed by atoms with Gasteiger partial charge in [-0.25, -0.2) is 4.79 Å². The van der Waals surface area contributed by atoms with E-state index in [1.165, 1.54) is 4.57 Å². The van der Waals surface area contributed by atoms with E-state index in [4.69, 9.17) is 5.73 Å². The zero-order valence-electron chi connectivity index (χ0n) is 12.4. The number of aromatic amines is 1. The quantitative estimate of drug-likeness (QED) is 0.848. The van der Waals surface area contributed by atoms with Crippen LogP contribution < -0.4 is 11.4 Å². The lowest BCUT2D eigenvalue weighted by molar-refractivity contribution is -0.131. The Balaban J connectivity index is 1.55. The number of para-hydroxylation sites is 2. The lowest BCUT2D eigenvalue weighted by Gasteiger charge is -2.19. The van der Waals surface area contributed by atoms with Crippen molar-refractivity contribution in [3.8, 4) is 0 Å². The minimum atomic E-state index is -0.231. The summed E-state index contributed by atoms with van der Waals surface area (Å²) in [6.45, 7) is 1.62. The third kappa shape index (κ3) is 2.06. The summed E-state index contributed by atoms with van der Waals surface area (Å²) in [4.78, 5) is 29.3. The highest BCUT2D eigenvalue weighted by Gasteiger charge is 2.42. The summed E-state index contributed by atoms with van der Waals surface area (Å²) in [5.74, 6) is 0.982. The van der Waals surface area contributed by atoms with Crippen molar-refractivity contribution < 1.29 is 4.79 Å². The van der Waals surface area contributed by atoms with Crippen molar-refractivity contribution in [2.24, 2.45) is 17.6 Å². The molecule has 3 N–H and O–H groups in total. The number of nitrogens with one attached hydrogen (secondary N) is 1. The molecule has 116 valence electrons. The summed E-state index contributed by atoms with van der Waals surface area (Å²) in [7, 11) is 0. The molecule has 0 spiro atoms. The van der Waals surface area contributed by atoms with E-state index in [-0.39, 0.29) is 24.2 Å². The number of carbonyl (C=O) groups is 1. The fourth-order valence-corrected chi connectivity index (χ4v) is 4.01. The van der Waals surface area contributed by atoms with Crippen LogP contribution in [-0.2, 0) is 11.3 Å². The number of nitrogens with zero attached hydrogens (tertiary/aromatic N) is 2. The molecule has 1 amide bonds. The van der Waals surface area contributed by atoms with Crippen LogP contribution in [0.5, 0.6) is 0 Å². The molecule has 2 heterocycles. The third-order valence-corrected chi connectivity index (χ3v) is 5.24. The number of H-pyrrole nitrogens is 1. The minimum Gasteiger partial charge on any atom is -0.341 e. The van der Waals surface area contributed by atoms with Crippen LogP contribution in [0.4, 0.5) is 0 Å². The van der Waals surface area contributed by atoms with Gasteiger partial charge in [0.25, 0.3) is 0 Å². The van der Waals surface area contributed by atoms with Crippen molar-refractivity contribution in [2.75, 3.05) is 13.1 Å². The molecule has 3 unspecified atom stereocenters. The summed E-state index contributed by atoms with van der Waals surface area (Å²) < 4.78 is 1.52. The van der Waals surface area contributed by atoms with E-state index < -0.39 is 0 Å². The number of benzene rings is 1. The molecule has 0 bridgehead atoms. The maximum Gasteiger partial charge on any atom is 0.326 e. The number of likely N-dealkylation sites (tertiary alicyclic amines) is 1. The summed E-state index contributed by atoms with van der Waals surface area (Å²) in [6, 6.07) is 7.66. The second kappa shape index (κ2) is 4.98. The largest absolute Gasteiger partial charge is 0.341 e. The van der Waals surface area contributed by atoms with Gasteiger partial charge in [0.05, 0.1) is 11.0 Å². The van der Waals surface area contributed by atoms with E-state index in [1.807, 2.05) is 29.2 Å². The van der Waals surface area contributed by atoms with E-state index in [0.29, 0.717) is 11.8 Å². The molecule has 1 aromatic heterocycles. The number of amides is 1. The summed E-state index contributed by atoms with van der Waals surface area (Å²) >= 11 is 0. The molecule has 1 saturated carbocycles. The highest BCUT2D eigenvalue weighted by molar-refractivity contribution is 5.80. The monoisotopic (exact) mass is 300 g/mol. The Morgan fingerprint density at radius 1 is 1.27 bits per heavy atom. The first-order chi connectivity index (χ1) is 10.6. The fourth-order valence-electron chi connectivity index (χ4n) is 4.01. The predicted molar refractivity (Wildman–Crippen MR) is 83.3 cm³/mol. The second-order valence-electron chi connectivity index (χ2n) is 6.50. The summed E-state index contributed by atoms with van der Waals surface area (Å²) in [6.07, 6.45) is 2.18. The summed E-state index contributed by atoms with van der Waals surface area (Å²) in [5.41, 5.74) is 7.43. The van der Waals surface area contributed by atoms with E-state index in [9.17, 15) is 9.59 Å². The van der Waals surface area contributed by atoms with Crippen molar-refractivity contribution in [1.29, 1.82) is 0 Å². The van der Waals surface area contributed by atoms with Crippen LogP contribution in [0.1, 0.15) is 12.8 Å². The molecule has 2 aromatic rings. The van der Waals surface area contributed by atoms with E-state index in [0.717, 1.165) is 37.0 Å². The highest BCUT2D eigenvalue weighted by atomic mass is 16.2. The molecule has 4 rings (SSSR count). The van der Waals surface area contributed by atoms with Gasteiger partial charge in [0.2, 0.25) is 5.91 Å². The van der Waals surface area contributed by atoms with Gasteiger partial charge in [0.1, 0.15) is 6.54 Å². The first-order valence-electron chi connectivity index (χ1n) is 7.84. The first kappa shape index (κ1) is 13.6. The zero-order valence-corrected chi connectivity index (χ0v) is 12.4. The maximum absolute atomic E-state index is 12.6.